The molecular weight excluding hydrogens is 184 g/mol. The molecule has 2 atom stereocenters. The van der Waals surface area contributed by atoms with Gasteiger partial charge in [0.15, 0.2) is 0 Å². The minimum absolute atomic E-state index is 0.0203. The van der Waals surface area contributed by atoms with Crippen LogP contribution in [0.3, 0.4) is 0 Å². The van der Waals surface area contributed by atoms with Crippen molar-refractivity contribution < 1.29 is 4.79 Å². The second kappa shape index (κ2) is 3.96. The summed E-state index contributed by atoms with van der Waals surface area (Å²) >= 11 is 0. The molecule has 1 aliphatic rings. The fourth-order valence-electron chi connectivity index (χ4n) is 2.53. The van der Waals surface area contributed by atoms with E-state index in [2.05, 4.69) is 52.0 Å². The largest absolute Gasteiger partial charge is 0.300 e. The second-order valence-corrected chi connectivity index (χ2v) is 5.61. The SMILES string of the molecule is CC(=O)C(C)C1(C(C)(C)C)C=CC=CC1. The fourth-order valence-corrected chi connectivity index (χ4v) is 2.53. The molecule has 0 spiro atoms. The summed E-state index contributed by atoms with van der Waals surface area (Å²) < 4.78 is 0. The number of hydrogen-bond acceptors (Lipinski definition) is 1. The molecule has 0 aromatic carbocycles. The van der Waals surface area contributed by atoms with E-state index in [1.807, 2.05) is 0 Å². The summed E-state index contributed by atoms with van der Waals surface area (Å²) in [4.78, 5) is 11.6. The summed E-state index contributed by atoms with van der Waals surface area (Å²) in [5.74, 6) is 0.364. The highest BCUT2D eigenvalue weighted by atomic mass is 16.1. The zero-order valence-electron chi connectivity index (χ0n) is 10.5. The monoisotopic (exact) mass is 206 g/mol. The summed E-state index contributed by atoms with van der Waals surface area (Å²) in [6.07, 6.45) is 9.50. The van der Waals surface area contributed by atoms with Crippen molar-refractivity contribution in [1.82, 2.24) is 0 Å². The molecule has 0 aliphatic heterocycles. The quantitative estimate of drug-likeness (QED) is 0.672. The van der Waals surface area contributed by atoms with E-state index in [0.29, 0.717) is 0 Å². The highest BCUT2D eigenvalue weighted by Gasteiger charge is 2.45. The van der Waals surface area contributed by atoms with Crippen molar-refractivity contribution >= 4 is 5.78 Å². The first kappa shape index (κ1) is 12.2. The Bertz CT molecular complexity index is 304. The molecule has 15 heavy (non-hydrogen) atoms. The highest BCUT2D eigenvalue weighted by Crippen LogP contribution is 2.50. The standard InChI is InChI=1S/C14H22O/c1-11(12(2)15)14(13(3,4)5)9-7-6-8-10-14/h6-9,11H,10H2,1-5H3. The molecule has 2 unspecified atom stereocenters. The molecule has 1 rings (SSSR count). The lowest BCUT2D eigenvalue weighted by molar-refractivity contribution is -0.125. The summed E-state index contributed by atoms with van der Waals surface area (Å²) in [7, 11) is 0. The van der Waals surface area contributed by atoms with Gasteiger partial charge in [0.1, 0.15) is 5.78 Å². The highest BCUT2D eigenvalue weighted by molar-refractivity contribution is 5.79. The molecule has 0 N–H and O–H groups in total. The molecule has 0 amide bonds. The first-order chi connectivity index (χ1) is 6.81. The topological polar surface area (TPSA) is 17.1 Å². The zero-order chi connectivity index (χ0) is 11.7. The predicted octanol–water partition coefficient (Wildman–Crippen LogP) is 3.76. The van der Waals surface area contributed by atoms with Gasteiger partial charge in [-0.25, -0.2) is 0 Å². The maximum absolute atomic E-state index is 11.6. The van der Waals surface area contributed by atoms with Gasteiger partial charge in [-0.15, -0.1) is 0 Å². The van der Waals surface area contributed by atoms with Crippen LogP contribution in [0.2, 0.25) is 0 Å². The molecule has 0 aromatic rings. The maximum Gasteiger partial charge on any atom is 0.133 e. The van der Waals surface area contributed by atoms with Crippen LogP contribution < -0.4 is 0 Å². The number of ketones is 1. The number of hydrogen-bond donors (Lipinski definition) is 0. The van der Waals surface area contributed by atoms with Crippen molar-refractivity contribution in [3.63, 3.8) is 0 Å². The van der Waals surface area contributed by atoms with Crippen LogP contribution in [-0.4, -0.2) is 5.78 Å². The number of carbonyl (C=O) groups excluding carboxylic acids is 1. The van der Waals surface area contributed by atoms with Crippen LogP contribution in [0.5, 0.6) is 0 Å². The molecule has 0 heterocycles. The van der Waals surface area contributed by atoms with Gasteiger partial charge in [-0.1, -0.05) is 52.0 Å². The van der Waals surface area contributed by atoms with E-state index in [1.165, 1.54) is 0 Å². The zero-order valence-corrected chi connectivity index (χ0v) is 10.5. The van der Waals surface area contributed by atoms with Crippen molar-refractivity contribution in [1.29, 1.82) is 0 Å². The Balaban J connectivity index is 3.14. The van der Waals surface area contributed by atoms with Crippen LogP contribution in [0.4, 0.5) is 0 Å². The Labute approximate surface area is 93.3 Å². The molecule has 0 radical (unpaired) electrons. The van der Waals surface area contributed by atoms with Gasteiger partial charge >= 0.3 is 0 Å². The second-order valence-electron chi connectivity index (χ2n) is 5.61. The molecule has 1 heteroatoms. The lowest BCUT2D eigenvalue weighted by Crippen LogP contribution is -2.42. The molecule has 1 nitrogen and oxygen atoms in total. The van der Waals surface area contributed by atoms with Gasteiger partial charge in [-0.3, -0.25) is 4.79 Å². The van der Waals surface area contributed by atoms with Crippen LogP contribution in [-0.2, 0) is 4.79 Å². The Kier molecular flexibility index (Phi) is 3.22. The molecule has 0 bridgehead atoms. The maximum atomic E-state index is 11.6. The number of rotatable bonds is 2. The van der Waals surface area contributed by atoms with E-state index in [1.54, 1.807) is 6.92 Å². The predicted molar refractivity (Wildman–Crippen MR) is 64.6 cm³/mol. The van der Waals surface area contributed by atoms with E-state index in [9.17, 15) is 4.79 Å². The molecule has 0 saturated carbocycles. The molecule has 0 fully saturated rings. The number of Topliss-reactive ketones (excluding diaryl/α,β-unsaturated/α-hetero) is 1. The Morgan fingerprint density at radius 1 is 1.33 bits per heavy atom. The van der Waals surface area contributed by atoms with Gasteiger partial charge in [-0.2, -0.15) is 0 Å². The third-order valence-electron chi connectivity index (χ3n) is 3.88. The van der Waals surface area contributed by atoms with Gasteiger partial charge < -0.3 is 0 Å². The molecule has 84 valence electrons. The van der Waals surface area contributed by atoms with Gasteiger partial charge in [0.25, 0.3) is 0 Å². The summed E-state index contributed by atoms with van der Waals surface area (Å²) in [6.45, 7) is 10.4. The average molecular weight is 206 g/mol. The van der Waals surface area contributed by atoms with Gasteiger partial charge in [0, 0.05) is 11.3 Å². The fraction of sp³-hybridized carbons (Fsp3) is 0.643. The Morgan fingerprint density at radius 3 is 2.27 bits per heavy atom. The van der Waals surface area contributed by atoms with E-state index in [0.717, 1.165) is 6.42 Å². The third-order valence-corrected chi connectivity index (χ3v) is 3.88. The minimum atomic E-state index is -0.0203. The van der Waals surface area contributed by atoms with Crippen LogP contribution in [0.15, 0.2) is 24.3 Å². The average Bonchev–Trinajstić information content (AvgIpc) is 2.16. The minimum Gasteiger partial charge on any atom is -0.300 e. The Morgan fingerprint density at radius 2 is 1.93 bits per heavy atom. The van der Waals surface area contributed by atoms with Gasteiger partial charge in [0.2, 0.25) is 0 Å². The Hall–Kier alpha value is -0.850. The van der Waals surface area contributed by atoms with Gasteiger partial charge in [-0.05, 0) is 18.8 Å². The smallest absolute Gasteiger partial charge is 0.133 e. The van der Waals surface area contributed by atoms with E-state index in [4.69, 9.17) is 0 Å². The van der Waals surface area contributed by atoms with Crippen molar-refractivity contribution in [3.8, 4) is 0 Å². The van der Waals surface area contributed by atoms with Crippen LogP contribution in [0, 0.1) is 16.7 Å². The number of carbonyl (C=O) groups is 1. The summed E-state index contributed by atoms with van der Waals surface area (Å²) in [5, 5.41) is 0. The van der Waals surface area contributed by atoms with Crippen molar-refractivity contribution in [2.45, 2.75) is 41.0 Å². The summed E-state index contributed by atoms with van der Waals surface area (Å²) in [6, 6.07) is 0. The van der Waals surface area contributed by atoms with Crippen molar-refractivity contribution in [3.05, 3.63) is 24.3 Å². The molecule has 0 aromatic heterocycles. The number of allylic oxidation sites excluding steroid dienone is 4. The molecule has 0 saturated heterocycles. The van der Waals surface area contributed by atoms with Gasteiger partial charge in [0.05, 0.1) is 0 Å². The normalized spacial score (nSPS) is 27.8. The van der Waals surface area contributed by atoms with E-state index < -0.39 is 0 Å². The lowest BCUT2D eigenvalue weighted by atomic mass is 9.56. The van der Waals surface area contributed by atoms with Crippen LogP contribution in [0.1, 0.15) is 41.0 Å². The van der Waals surface area contributed by atoms with Crippen molar-refractivity contribution in [2.24, 2.45) is 16.7 Å². The summed E-state index contributed by atoms with van der Waals surface area (Å²) in [5.41, 5.74) is 0.0902. The van der Waals surface area contributed by atoms with Crippen LogP contribution >= 0.6 is 0 Å². The van der Waals surface area contributed by atoms with E-state index in [-0.39, 0.29) is 22.5 Å². The van der Waals surface area contributed by atoms with E-state index >= 15 is 0 Å². The first-order valence-corrected chi connectivity index (χ1v) is 5.66. The first-order valence-electron chi connectivity index (χ1n) is 5.66. The van der Waals surface area contributed by atoms with Crippen molar-refractivity contribution in [2.75, 3.05) is 0 Å². The van der Waals surface area contributed by atoms with Crippen LogP contribution in [0.25, 0.3) is 0 Å². The molecule has 1 aliphatic carbocycles. The molecular formula is C14H22O. The third kappa shape index (κ3) is 2.06. The lowest BCUT2D eigenvalue weighted by Gasteiger charge is -2.47.